The first-order chi connectivity index (χ1) is 17.0. The zero-order valence-electron chi connectivity index (χ0n) is 18.9. The number of amides is 2. The number of likely N-dealkylation sites (N-methyl/N-ethyl adjacent to an activating group) is 1. The number of benzene rings is 3. The first kappa shape index (κ1) is 22.6. The Kier molecular flexibility index (Phi) is 6.20. The van der Waals surface area contributed by atoms with Crippen LogP contribution in [0, 0.1) is 0 Å². The van der Waals surface area contributed by atoms with E-state index in [1.165, 1.54) is 4.90 Å². The molecule has 0 spiro atoms. The first-order valence-electron chi connectivity index (χ1n) is 11.0. The molecule has 1 aliphatic rings. The van der Waals surface area contributed by atoms with E-state index in [4.69, 9.17) is 16.3 Å². The molecule has 0 unspecified atom stereocenters. The van der Waals surface area contributed by atoms with Crippen LogP contribution in [0.1, 0.15) is 22.0 Å². The highest BCUT2D eigenvalue weighted by atomic mass is 35.5. The summed E-state index contributed by atoms with van der Waals surface area (Å²) in [5.41, 5.74) is 3.46. The first-order valence-corrected chi connectivity index (χ1v) is 11.4. The molecule has 2 amide bonds. The molecule has 2 N–H and O–H groups in total. The van der Waals surface area contributed by atoms with Gasteiger partial charge in [-0.25, -0.2) is 4.98 Å². The van der Waals surface area contributed by atoms with Crippen LogP contribution in [0.25, 0.3) is 11.1 Å². The molecule has 1 aliphatic heterocycles. The minimum Gasteiger partial charge on any atom is -0.489 e. The van der Waals surface area contributed by atoms with Crippen LogP contribution in [0.3, 0.4) is 0 Å². The minimum absolute atomic E-state index is 0.0142. The molecule has 2 heterocycles. The summed E-state index contributed by atoms with van der Waals surface area (Å²) in [6.45, 7) is -0.0142. The summed E-state index contributed by atoms with van der Waals surface area (Å²) < 4.78 is 5.89. The van der Waals surface area contributed by atoms with E-state index in [-0.39, 0.29) is 18.3 Å². The van der Waals surface area contributed by atoms with Crippen LogP contribution in [-0.2, 0) is 11.2 Å². The third kappa shape index (κ3) is 4.88. The number of aromatic nitrogens is 3. The lowest BCUT2D eigenvalue weighted by Crippen LogP contribution is -2.49. The van der Waals surface area contributed by atoms with Crippen LogP contribution < -0.4 is 15.0 Å². The summed E-state index contributed by atoms with van der Waals surface area (Å²) in [6.07, 6.45) is 0.513. The molecule has 0 saturated carbocycles. The summed E-state index contributed by atoms with van der Waals surface area (Å²) in [6, 6.07) is 21.9. The Bertz CT molecular complexity index is 1390. The summed E-state index contributed by atoms with van der Waals surface area (Å²) >= 11 is 6.13. The normalized spacial score (nSPS) is 15.2. The number of nitrogens with one attached hydrogen (secondary N) is 2. The molecule has 3 aromatic carbocycles. The number of ether oxygens (including phenoxy) is 1. The van der Waals surface area contributed by atoms with Crippen molar-refractivity contribution in [1.82, 2.24) is 20.5 Å². The van der Waals surface area contributed by atoms with Gasteiger partial charge in [-0.2, -0.15) is 0 Å². The molecule has 4 aromatic rings. The Morgan fingerprint density at radius 3 is 2.71 bits per heavy atom. The van der Waals surface area contributed by atoms with E-state index >= 15 is 0 Å². The van der Waals surface area contributed by atoms with E-state index in [0.29, 0.717) is 28.7 Å². The van der Waals surface area contributed by atoms with E-state index in [9.17, 15) is 9.59 Å². The Morgan fingerprint density at radius 2 is 1.91 bits per heavy atom. The fourth-order valence-corrected chi connectivity index (χ4v) is 4.13. The van der Waals surface area contributed by atoms with E-state index < -0.39 is 11.9 Å². The average molecular weight is 488 g/mol. The van der Waals surface area contributed by atoms with Crippen molar-refractivity contribution in [2.75, 3.05) is 18.6 Å². The minimum atomic E-state index is -0.898. The highest BCUT2D eigenvalue weighted by Crippen LogP contribution is 2.35. The van der Waals surface area contributed by atoms with Gasteiger partial charge in [0.15, 0.2) is 0 Å². The number of H-pyrrole nitrogens is 1. The number of nitrogens with zero attached hydrogens (tertiary/aromatic N) is 3. The number of rotatable bonds is 5. The standard InChI is InChI=1S/C26H22ClN5O3/c1-32-21-14-18(17-8-5-9-19(27)13-17)10-11-22(21)35-15-20(26(32)34)28-25(33)24-29-23(30-31-24)12-16-6-3-2-4-7-16/h2-11,13-14,20H,12,15H2,1H3,(H,28,33)(H,29,30,31)/t20-/m0/s1. The van der Waals surface area contributed by atoms with Crippen molar-refractivity contribution in [3.63, 3.8) is 0 Å². The highest BCUT2D eigenvalue weighted by Gasteiger charge is 2.31. The molecule has 1 aromatic heterocycles. The second-order valence-corrected chi connectivity index (χ2v) is 8.63. The fraction of sp³-hybridized carbons (Fsp3) is 0.154. The van der Waals surface area contributed by atoms with Gasteiger partial charge in [0, 0.05) is 18.5 Å². The van der Waals surface area contributed by atoms with Gasteiger partial charge in [-0.3, -0.25) is 14.7 Å². The summed E-state index contributed by atoms with van der Waals surface area (Å²) in [4.78, 5) is 31.7. The Morgan fingerprint density at radius 1 is 1.11 bits per heavy atom. The molecule has 35 heavy (non-hydrogen) atoms. The van der Waals surface area contributed by atoms with Crippen molar-refractivity contribution in [3.05, 3.63) is 95.0 Å². The molecule has 0 bridgehead atoms. The van der Waals surface area contributed by atoms with Crippen LogP contribution in [0.2, 0.25) is 5.02 Å². The number of carbonyl (C=O) groups excluding carboxylic acids is 2. The number of aromatic amines is 1. The van der Waals surface area contributed by atoms with Gasteiger partial charge in [-0.15, -0.1) is 5.10 Å². The lowest BCUT2D eigenvalue weighted by atomic mass is 10.0. The predicted molar refractivity (Wildman–Crippen MR) is 133 cm³/mol. The number of anilines is 1. The van der Waals surface area contributed by atoms with Crippen LogP contribution in [0.5, 0.6) is 5.75 Å². The molecule has 9 heteroatoms. The third-order valence-electron chi connectivity index (χ3n) is 5.77. The molecule has 0 fully saturated rings. The smallest absolute Gasteiger partial charge is 0.291 e. The highest BCUT2D eigenvalue weighted by molar-refractivity contribution is 6.30. The van der Waals surface area contributed by atoms with Crippen molar-refractivity contribution in [2.24, 2.45) is 0 Å². The number of carbonyl (C=O) groups is 2. The Labute approximate surface area is 206 Å². The lowest BCUT2D eigenvalue weighted by molar-refractivity contribution is -0.120. The van der Waals surface area contributed by atoms with Gasteiger partial charge >= 0.3 is 0 Å². The number of hydrogen-bond donors (Lipinski definition) is 2. The number of hydrogen-bond acceptors (Lipinski definition) is 5. The maximum Gasteiger partial charge on any atom is 0.291 e. The zero-order chi connectivity index (χ0) is 24.4. The molecular weight excluding hydrogens is 466 g/mol. The van der Waals surface area contributed by atoms with Crippen molar-refractivity contribution in [3.8, 4) is 16.9 Å². The average Bonchev–Trinajstić information content (AvgIpc) is 3.30. The van der Waals surface area contributed by atoms with Gasteiger partial charge in [0.2, 0.25) is 5.82 Å². The molecule has 1 atom stereocenters. The van der Waals surface area contributed by atoms with Crippen molar-refractivity contribution in [2.45, 2.75) is 12.5 Å². The molecular formula is C26H22ClN5O3. The van der Waals surface area contributed by atoms with Crippen LogP contribution >= 0.6 is 11.6 Å². The van der Waals surface area contributed by atoms with Crippen LogP contribution in [0.15, 0.2) is 72.8 Å². The predicted octanol–water partition coefficient (Wildman–Crippen LogP) is 3.87. The molecule has 176 valence electrons. The van der Waals surface area contributed by atoms with E-state index in [1.54, 1.807) is 13.1 Å². The zero-order valence-corrected chi connectivity index (χ0v) is 19.6. The topological polar surface area (TPSA) is 100 Å². The summed E-state index contributed by atoms with van der Waals surface area (Å²) in [7, 11) is 1.65. The van der Waals surface area contributed by atoms with Crippen molar-refractivity contribution >= 4 is 29.1 Å². The van der Waals surface area contributed by atoms with Gasteiger partial charge in [0.25, 0.3) is 11.8 Å². The van der Waals surface area contributed by atoms with Gasteiger partial charge in [-0.05, 0) is 41.0 Å². The second-order valence-electron chi connectivity index (χ2n) is 8.20. The molecule has 5 rings (SSSR count). The van der Waals surface area contributed by atoms with Gasteiger partial charge in [-0.1, -0.05) is 60.1 Å². The fourth-order valence-electron chi connectivity index (χ4n) is 3.94. The van der Waals surface area contributed by atoms with E-state index in [0.717, 1.165) is 16.7 Å². The van der Waals surface area contributed by atoms with Crippen molar-refractivity contribution < 1.29 is 14.3 Å². The maximum absolute atomic E-state index is 13.2. The summed E-state index contributed by atoms with van der Waals surface area (Å²) in [5, 5.41) is 10.1. The van der Waals surface area contributed by atoms with E-state index in [1.807, 2.05) is 66.7 Å². The van der Waals surface area contributed by atoms with Gasteiger partial charge in [0.1, 0.15) is 24.2 Å². The van der Waals surface area contributed by atoms with Crippen molar-refractivity contribution in [1.29, 1.82) is 0 Å². The van der Waals surface area contributed by atoms with Gasteiger partial charge < -0.3 is 15.0 Å². The van der Waals surface area contributed by atoms with Crippen LogP contribution in [-0.4, -0.2) is 46.7 Å². The lowest BCUT2D eigenvalue weighted by Gasteiger charge is -2.20. The van der Waals surface area contributed by atoms with Gasteiger partial charge in [0.05, 0.1) is 5.69 Å². The largest absolute Gasteiger partial charge is 0.489 e. The monoisotopic (exact) mass is 487 g/mol. The quantitative estimate of drug-likeness (QED) is 0.445. The SMILES string of the molecule is CN1C(=O)[C@@H](NC(=O)c2n[nH]c(Cc3ccccc3)n2)COc2ccc(-c3cccc(Cl)c3)cc21. The second kappa shape index (κ2) is 9.60. The maximum atomic E-state index is 13.2. The summed E-state index contributed by atoms with van der Waals surface area (Å²) in [5.74, 6) is 0.215. The number of fused-ring (bicyclic) bond motifs is 1. The third-order valence-corrected chi connectivity index (χ3v) is 6.00. The molecule has 0 saturated heterocycles. The Balaban J connectivity index is 1.30. The number of halogens is 1. The van der Waals surface area contributed by atoms with E-state index in [2.05, 4.69) is 20.5 Å². The molecule has 0 radical (unpaired) electrons. The van der Waals surface area contributed by atoms with Crippen LogP contribution in [0.4, 0.5) is 5.69 Å². The Hall–Kier alpha value is -4.17. The molecule has 8 nitrogen and oxygen atoms in total. The molecule has 0 aliphatic carbocycles.